The van der Waals surface area contributed by atoms with Gasteiger partial charge in [0.2, 0.25) is 0 Å². The van der Waals surface area contributed by atoms with Gasteiger partial charge in [-0.25, -0.2) is 0 Å². The Morgan fingerprint density at radius 3 is 2.00 bits per heavy atom. The Morgan fingerprint density at radius 1 is 0.889 bits per heavy atom. The van der Waals surface area contributed by atoms with E-state index in [9.17, 15) is 0 Å². The molecule has 0 aromatic heterocycles. The van der Waals surface area contributed by atoms with Crippen LogP contribution in [0.5, 0.6) is 0 Å². The maximum atomic E-state index is 5.46. The summed E-state index contributed by atoms with van der Waals surface area (Å²) in [6, 6.07) is 0. The summed E-state index contributed by atoms with van der Waals surface area (Å²) in [6.45, 7) is 11.5. The van der Waals surface area contributed by atoms with Gasteiger partial charge in [0.25, 0.3) is 0 Å². The van der Waals surface area contributed by atoms with Gasteiger partial charge in [-0.2, -0.15) is 0 Å². The van der Waals surface area contributed by atoms with E-state index >= 15 is 0 Å². The van der Waals surface area contributed by atoms with Crippen molar-refractivity contribution in [3.05, 3.63) is 0 Å². The van der Waals surface area contributed by atoms with Crippen molar-refractivity contribution in [1.29, 1.82) is 0 Å². The first-order valence-corrected chi connectivity index (χ1v) is 8.07. The predicted octanol–water partition coefficient (Wildman–Crippen LogP) is 5.68. The molecule has 3 atom stereocenters. The summed E-state index contributed by atoms with van der Waals surface area (Å²) in [4.78, 5) is 0. The number of ether oxygens (including phenoxy) is 1. The fraction of sp³-hybridized carbons (Fsp3) is 1.00. The van der Waals surface area contributed by atoms with E-state index in [1.165, 1.54) is 44.9 Å². The molecule has 0 N–H and O–H groups in total. The molecule has 0 bridgehead atoms. The van der Waals surface area contributed by atoms with E-state index in [1.807, 2.05) is 7.11 Å². The molecule has 1 nitrogen and oxygen atoms in total. The van der Waals surface area contributed by atoms with Crippen molar-refractivity contribution < 1.29 is 4.74 Å². The Labute approximate surface area is 116 Å². The number of rotatable bonds is 11. The second kappa shape index (κ2) is 10.8. The molecule has 0 aliphatic rings. The van der Waals surface area contributed by atoms with Crippen LogP contribution in [0.25, 0.3) is 0 Å². The van der Waals surface area contributed by atoms with Gasteiger partial charge in [-0.05, 0) is 31.1 Å². The van der Waals surface area contributed by atoms with Gasteiger partial charge in [-0.3, -0.25) is 0 Å². The lowest BCUT2D eigenvalue weighted by atomic mass is 9.79. The summed E-state index contributed by atoms with van der Waals surface area (Å²) in [6.07, 6.45) is 9.86. The molecule has 0 saturated heterocycles. The summed E-state index contributed by atoms with van der Waals surface area (Å²) in [7, 11) is 1.84. The maximum absolute atomic E-state index is 5.46. The molecule has 0 saturated carbocycles. The molecular weight excluding hydrogens is 220 g/mol. The van der Waals surface area contributed by atoms with Gasteiger partial charge in [-0.15, -0.1) is 0 Å². The first-order chi connectivity index (χ1) is 8.54. The van der Waals surface area contributed by atoms with Crippen LogP contribution < -0.4 is 0 Å². The fourth-order valence-electron chi connectivity index (χ4n) is 3.00. The van der Waals surface area contributed by atoms with Crippen molar-refractivity contribution in [2.24, 2.45) is 17.8 Å². The monoisotopic (exact) mass is 256 g/mol. The quantitative estimate of drug-likeness (QED) is 0.462. The lowest BCUT2D eigenvalue weighted by Gasteiger charge is -2.28. The standard InChI is InChI=1S/C17H36O/c1-7-10-17(13-15(5)18-6)16(8-2)12-9-11-14(3)4/h14-17H,7-13H2,1-6H3. The third-order valence-corrected chi connectivity index (χ3v) is 4.24. The zero-order valence-electron chi connectivity index (χ0n) is 13.7. The van der Waals surface area contributed by atoms with Crippen molar-refractivity contribution in [3.63, 3.8) is 0 Å². The molecule has 0 amide bonds. The lowest BCUT2D eigenvalue weighted by Crippen LogP contribution is -2.20. The average molecular weight is 256 g/mol. The van der Waals surface area contributed by atoms with Crippen LogP contribution in [-0.4, -0.2) is 13.2 Å². The third kappa shape index (κ3) is 8.13. The topological polar surface area (TPSA) is 9.23 Å². The molecule has 0 radical (unpaired) electrons. The molecule has 0 aliphatic carbocycles. The highest BCUT2D eigenvalue weighted by molar-refractivity contribution is 4.72. The Bertz CT molecular complexity index is 176. The van der Waals surface area contributed by atoms with Crippen LogP contribution in [0.3, 0.4) is 0 Å². The van der Waals surface area contributed by atoms with Crippen molar-refractivity contribution in [3.8, 4) is 0 Å². The number of hydrogen-bond acceptors (Lipinski definition) is 1. The molecule has 0 rings (SSSR count). The van der Waals surface area contributed by atoms with Gasteiger partial charge < -0.3 is 4.74 Å². The van der Waals surface area contributed by atoms with Gasteiger partial charge in [-0.1, -0.05) is 66.2 Å². The van der Waals surface area contributed by atoms with Crippen molar-refractivity contribution in [2.75, 3.05) is 7.11 Å². The molecule has 0 aliphatic heterocycles. The number of methoxy groups -OCH3 is 1. The summed E-state index contributed by atoms with van der Waals surface area (Å²) in [5, 5.41) is 0. The zero-order chi connectivity index (χ0) is 14.0. The molecule has 18 heavy (non-hydrogen) atoms. The van der Waals surface area contributed by atoms with E-state index in [0.29, 0.717) is 6.10 Å². The molecule has 0 heterocycles. The highest BCUT2D eigenvalue weighted by atomic mass is 16.5. The second-order valence-electron chi connectivity index (χ2n) is 6.32. The second-order valence-corrected chi connectivity index (χ2v) is 6.32. The molecule has 0 aromatic carbocycles. The van der Waals surface area contributed by atoms with Gasteiger partial charge in [0, 0.05) is 7.11 Å². The minimum absolute atomic E-state index is 0.417. The molecule has 1 heteroatoms. The molecular formula is C17H36O. The van der Waals surface area contributed by atoms with Crippen LogP contribution in [0.4, 0.5) is 0 Å². The largest absolute Gasteiger partial charge is 0.382 e. The Balaban J connectivity index is 4.23. The first-order valence-electron chi connectivity index (χ1n) is 8.07. The Hall–Kier alpha value is -0.0400. The minimum Gasteiger partial charge on any atom is -0.382 e. The molecule has 0 aromatic rings. The Morgan fingerprint density at radius 2 is 1.56 bits per heavy atom. The van der Waals surface area contributed by atoms with Crippen LogP contribution in [0.15, 0.2) is 0 Å². The van der Waals surface area contributed by atoms with Crippen molar-refractivity contribution in [1.82, 2.24) is 0 Å². The normalized spacial score (nSPS) is 16.8. The van der Waals surface area contributed by atoms with E-state index in [1.54, 1.807) is 0 Å². The third-order valence-electron chi connectivity index (χ3n) is 4.24. The van der Waals surface area contributed by atoms with Crippen LogP contribution in [-0.2, 0) is 4.74 Å². The molecule has 110 valence electrons. The summed E-state index contributed by atoms with van der Waals surface area (Å²) in [5.41, 5.74) is 0. The van der Waals surface area contributed by atoms with E-state index in [4.69, 9.17) is 4.74 Å². The number of hydrogen-bond donors (Lipinski definition) is 0. The van der Waals surface area contributed by atoms with Gasteiger partial charge in [0.1, 0.15) is 0 Å². The van der Waals surface area contributed by atoms with E-state index in [-0.39, 0.29) is 0 Å². The van der Waals surface area contributed by atoms with E-state index < -0.39 is 0 Å². The highest BCUT2D eigenvalue weighted by Gasteiger charge is 2.21. The van der Waals surface area contributed by atoms with Crippen LogP contribution in [0, 0.1) is 17.8 Å². The predicted molar refractivity (Wildman–Crippen MR) is 82.0 cm³/mol. The van der Waals surface area contributed by atoms with Crippen LogP contribution in [0.1, 0.15) is 79.6 Å². The molecule has 0 fully saturated rings. The van der Waals surface area contributed by atoms with Gasteiger partial charge in [0.15, 0.2) is 0 Å². The Kier molecular flexibility index (Phi) is 10.8. The van der Waals surface area contributed by atoms with Crippen molar-refractivity contribution >= 4 is 0 Å². The smallest absolute Gasteiger partial charge is 0.0546 e. The molecule has 0 spiro atoms. The van der Waals surface area contributed by atoms with Crippen LogP contribution in [0.2, 0.25) is 0 Å². The summed E-state index contributed by atoms with van der Waals surface area (Å²) in [5.74, 6) is 2.62. The zero-order valence-corrected chi connectivity index (χ0v) is 13.7. The maximum Gasteiger partial charge on any atom is 0.0546 e. The van der Waals surface area contributed by atoms with Crippen LogP contribution >= 0.6 is 0 Å². The lowest BCUT2D eigenvalue weighted by molar-refractivity contribution is 0.0781. The minimum atomic E-state index is 0.417. The summed E-state index contributed by atoms with van der Waals surface area (Å²) >= 11 is 0. The highest BCUT2D eigenvalue weighted by Crippen LogP contribution is 2.30. The average Bonchev–Trinajstić information content (AvgIpc) is 2.33. The van der Waals surface area contributed by atoms with E-state index in [2.05, 4.69) is 34.6 Å². The fourth-order valence-corrected chi connectivity index (χ4v) is 3.00. The van der Waals surface area contributed by atoms with Crippen molar-refractivity contribution in [2.45, 2.75) is 85.7 Å². The van der Waals surface area contributed by atoms with Gasteiger partial charge >= 0.3 is 0 Å². The summed E-state index contributed by atoms with van der Waals surface area (Å²) < 4.78 is 5.46. The SMILES string of the molecule is CCCC(CC(C)OC)C(CC)CCCC(C)C. The first kappa shape index (κ1) is 18.0. The molecule has 3 unspecified atom stereocenters. The van der Waals surface area contributed by atoms with E-state index in [0.717, 1.165) is 17.8 Å². The van der Waals surface area contributed by atoms with Gasteiger partial charge in [0.05, 0.1) is 6.10 Å².